The van der Waals surface area contributed by atoms with E-state index in [1.54, 1.807) is 40.9 Å². The number of fused-ring (bicyclic) bond motifs is 1. The van der Waals surface area contributed by atoms with Crippen molar-refractivity contribution >= 4 is 40.9 Å². The molecule has 28 heavy (non-hydrogen) atoms. The van der Waals surface area contributed by atoms with Crippen LogP contribution in [0.3, 0.4) is 0 Å². The third kappa shape index (κ3) is 4.92. The predicted molar refractivity (Wildman–Crippen MR) is 110 cm³/mol. The van der Waals surface area contributed by atoms with Gasteiger partial charge in [0.15, 0.2) is 6.61 Å². The van der Waals surface area contributed by atoms with E-state index >= 15 is 0 Å². The lowest BCUT2D eigenvalue weighted by molar-refractivity contribution is -0.121. The number of rotatable bonds is 4. The van der Waals surface area contributed by atoms with Gasteiger partial charge < -0.3 is 15.0 Å². The molecule has 2 amide bonds. The third-order valence-corrected chi connectivity index (χ3v) is 5.55. The number of benzene rings is 2. The van der Waals surface area contributed by atoms with E-state index in [4.69, 9.17) is 4.74 Å². The van der Waals surface area contributed by atoms with Gasteiger partial charge in [-0.2, -0.15) is 0 Å². The van der Waals surface area contributed by atoms with Crippen LogP contribution in [0.2, 0.25) is 0 Å². The van der Waals surface area contributed by atoms with Crippen LogP contribution in [0.1, 0.15) is 30.6 Å². The maximum atomic E-state index is 12.7. The summed E-state index contributed by atoms with van der Waals surface area (Å²) in [5, 5.41) is 3.04. The second kappa shape index (κ2) is 8.93. The number of anilines is 2. The molecule has 1 heterocycles. The molecule has 146 valence electrons. The van der Waals surface area contributed by atoms with Crippen LogP contribution in [-0.4, -0.2) is 36.2 Å². The number of carbonyl (C=O) groups excluding carboxylic acids is 3. The molecule has 0 aliphatic carbocycles. The van der Waals surface area contributed by atoms with Crippen LogP contribution in [0.15, 0.2) is 53.4 Å². The zero-order chi connectivity index (χ0) is 20.1. The molecule has 0 saturated heterocycles. The van der Waals surface area contributed by atoms with Crippen molar-refractivity contribution in [3.8, 4) is 0 Å². The molecule has 1 N–H and O–H groups in total. The van der Waals surface area contributed by atoms with E-state index in [2.05, 4.69) is 12.2 Å². The van der Waals surface area contributed by atoms with Gasteiger partial charge in [0.25, 0.3) is 5.91 Å². The zero-order valence-electron chi connectivity index (χ0n) is 15.8. The van der Waals surface area contributed by atoms with E-state index in [-0.39, 0.29) is 18.4 Å². The molecule has 1 atom stereocenters. The summed E-state index contributed by atoms with van der Waals surface area (Å²) in [5.74, 6) is -1.01. The Balaban J connectivity index is 1.63. The Morgan fingerprint density at radius 2 is 1.86 bits per heavy atom. The molecule has 0 fully saturated rings. The van der Waals surface area contributed by atoms with Gasteiger partial charge in [0.2, 0.25) is 5.91 Å². The molecule has 7 heteroatoms. The molecule has 0 spiro atoms. The lowest BCUT2D eigenvalue weighted by Crippen LogP contribution is -2.35. The van der Waals surface area contributed by atoms with Gasteiger partial charge in [-0.05, 0) is 42.8 Å². The number of thioether (sulfide) groups is 1. The van der Waals surface area contributed by atoms with Gasteiger partial charge in [-0.15, -0.1) is 11.8 Å². The van der Waals surface area contributed by atoms with Crippen molar-refractivity contribution in [3.63, 3.8) is 0 Å². The number of ether oxygens (including phenoxy) is 1. The Morgan fingerprint density at radius 3 is 2.57 bits per heavy atom. The molecular weight excluding hydrogens is 376 g/mol. The minimum Gasteiger partial charge on any atom is -0.452 e. The summed E-state index contributed by atoms with van der Waals surface area (Å²) in [6, 6.07) is 14.1. The lowest BCUT2D eigenvalue weighted by atomic mass is 10.2. The number of hydrogen-bond acceptors (Lipinski definition) is 5. The first-order valence-corrected chi connectivity index (χ1v) is 9.93. The SMILES string of the molecule is CC(=O)Nc1ccc(C(=O)OCC(=O)N2CC[C@@H](C)Sc3ccccc32)cc1. The van der Waals surface area contributed by atoms with Crippen LogP contribution < -0.4 is 10.2 Å². The lowest BCUT2D eigenvalue weighted by Gasteiger charge is -2.22. The molecule has 3 rings (SSSR count). The first-order chi connectivity index (χ1) is 13.4. The zero-order valence-corrected chi connectivity index (χ0v) is 16.6. The Hall–Kier alpha value is -2.80. The maximum absolute atomic E-state index is 12.7. The average Bonchev–Trinajstić information content (AvgIpc) is 2.84. The van der Waals surface area contributed by atoms with Crippen LogP contribution in [-0.2, 0) is 14.3 Å². The standard InChI is InChI=1S/C21H22N2O4S/c1-14-11-12-23(18-5-3-4-6-19(18)28-14)20(25)13-27-21(26)16-7-9-17(10-8-16)22-15(2)24/h3-10,14H,11-13H2,1-2H3,(H,22,24)/t14-/m1/s1. The first kappa shape index (κ1) is 19.9. The number of nitrogens with zero attached hydrogens (tertiary/aromatic N) is 1. The van der Waals surface area contributed by atoms with Crippen molar-refractivity contribution in [1.82, 2.24) is 0 Å². The summed E-state index contributed by atoms with van der Waals surface area (Å²) >= 11 is 1.75. The van der Waals surface area contributed by atoms with Gasteiger partial charge in [-0.1, -0.05) is 19.1 Å². The van der Waals surface area contributed by atoms with E-state index in [0.717, 1.165) is 17.0 Å². The minimum atomic E-state index is -0.575. The molecule has 0 bridgehead atoms. The van der Waals surface area contributed by atoms with Crippen LogP contribution in [0.5, 0.6) is 0 Å². The van der Waals surface area contributed by atoms with Gasteiger partial charge in [-0.3, -0.25) is 9.59 Å². The molecule has 0 radical (unpaired) electrons. The second-order valence-corrected chi connectivity index (χ2v) is 8.05. The summed E-state index contributed by atoms with van der Waals surface area (Å²) in [7, 11) is 0. The Bertz CT molecular complexity index is 882. The van der Waals surface area contributed by atoms with Crippen LogP contribution in [0.25, 0.3) is 0 Å². The van der Waals surface area contributed by atoms with Crippen molar-refractivity contribution in [1.29, 1.82) is 0 Å². The molecule has 1 aliphatic heterocycles. The smallest absolute Gasteiger partial charge is 0.338 e. The molecule has 0 saturated carbocycles. The summed E-state index contributed by atoms with van der Waals surface area (Å²) < 4.78 is 5.22. The number of amides is 2. The van der Waals surface area contributed by atoms with Crippen LogP contribution >= 0.6 is 11.8 Å². The summed E-state index contributed by atoms with van der Waals surface area (Å²) in [5.41, 5.74) is 1.77. The fourth-order valence-electron chi connectivity index (χ4n) is 2.93. The van der Waals surface area contributed by atoms with Gasteiger partial charge in [0.05, 0.1) is 11.3 Å². The van der Waals surface area contributed by atoms with Crippen molar-refractivity contribution in [3.05, 3.63) is 54.1 Å². The van der Waals surface area contributed by atoms with Crippen LogP contribution in [0, 0.1) is 0 Å². The molecule has 0 aromatic heterocycles. The van der Waals surface area contributed by atoms with E-state index in [1.165, 1.54) is 6.92 Å². The highest BCUT2D eigenvalue weighted by Crippen LogP contribution is 2.37. The summed E-state index contributed by atoms with van der Waals surface area (Å²) in [4.78, 5) is 38.8. The molecule has 2 aromatic rings. The van der Waals surface area contributed by atoms with E-state index in [9.17, 15) is 14.4 Å². The highest BCUT2D eigenvalue weighted by molar-refractivity contribution is 8.00. The maximum Gasteiger partial charge on any atom is 0.338 e. The van der Waals surface area contributed by atoms with Gasteiger partial charge in [0, 0.05) is 29.3 Å². The molecule has 0 unspecified atom stereocenters. The van der Waals surface area contributed by atoms with E-state index < -0.39 is 5.97 Å². The summed E-state index contributed by atoms with van der Waals surface area (Å²) in [6.45, 7) is 3.82. The monoisotopic (exact) mass is 398 g/mol. The molecule has 2 aromatic carbocycles. The average molecular weight is 398 g/mol. The molecule has 1 aliphatic rings. The second-order valence-electron chi connectivity index (χ2n) is 6.56. The van der Waals surface area contributed by atoms with Crippen molar-refractivity contribution in [2.45, 2.75) is 30.4 Å². The van der Waals surface area contributed by atoms with Crippen molar-refractivity contribution in [2.24, 2.45) is 0 Å². The first-order valence-electron chi connectivity index (χ1n) is 9.05. The van der Waals surface area contributed by atoms with Crippen molar-refractivity contribution in [2.75, 3.05) is 23.4 Å². The molecule has 6 nitrogen and oxygen atoms in total. The highest BCUT2D eigenvalue weighted by Gasteiger charge is 2.25. The van der Waals surface area contributed by atoms with Gasteiger partial charge in [-0.25, -0.2) is 4.79 Å². The normalized spacial score (nSPS) is 15.9. The number of hydrogen-bond donors (Lipinski definition) is 1. The Kier molecular flexibility index (Phi) is 6.36. The molecular formula is C21H22N2O4S. The Morgan fingerprint density at radius 1 is 1.14 bits per heavy atom. The quantitative estimate of drug-likeness (QED) is 0.795. The number of carbonyl (C=O) groups is 3. The predicted octanol–water partition coefficient (Wildman–Crippen LogP) is 3.72. The van der Waals surface area contributed by atoms with E-state index in [0.29, 0.717) is 23.0 Å². The number of esters is 1. The third-order valence-electron chi connectivity index (χ3n) is 4.31. The fraction of sp³-hybridized carbons (Fsp3) is 0.286. The highest BCUT2D eigenvalue weighted by atomic mass is 32.2. The fourth-order valence-corrected chi connectivity index (χ4v) is 4.04. The topological polar surface area (TPSA) is 75.7 Å². The van der Waals surface area contributed by atoms with Crippen LogP contribution in [0.4, 0.5) is 11.4 Å². The minimum absolute atomic E-state index is 0.189. The van der Waals surface area contributed by atoms with Gasteiger partial charge in [0.1, 0.15) is 0 Å². The number of para-hydroxylation sites is 1. The van der Waals surface area contributed by atoms with E-state index in [1.807, 2.05) is 24.3 Å². The largest absolute Gasteiger partial charge is 0.452 e. The van der Waals surface area contributed by atoms with Gasteiger partial charge >= 0.3 is 5.97 Å². The number of nitrogens with one attached hydrogen (secondary N) is 1. The Labute approximate surface area is 168 Å². The van der Waals surface area contributed by atoms with Crippen molar-refractivity contribution < 1.29 is 19.1 Å². The summed E-state index contributed by atoms with van der Waals surface area (Å²) in [6.07, 6.45) is 0.865.